The van der Waals surface area contributed by atoms with E-state index < -0.39 is 5.97 Å². The summed E-state index contributed by atoms with van der Waals surface area (Å²) in [6, 6.07) is 9.82. The van der Waals surface area contributed by atoms with Crippen LogP contribution >= 0.6 is 15.9 Å². The van der Waals surface area contributed by atoms with Gasteiger partial charge in [-0.3, -0.25) is 14.4 Å². The van der Waals surface area contributed by atoms with E-state index in [-0.39, 0.29) is 23.6 Å². The zero-order valence-electron chi connectivity index (χ0n) is 14.7. The van der Waals surface area contributed by atoms with E-state index in [0.717, 1.165) is 0 Å². The summed E-state index contributed by atoms with van der Waals surface area (Å²) in [5, 5.41) is 2.93. The van der Waals surface area contributed by atoms with Gasteiger partial charge in [-0.15, -0.1) is 0 Å². The summed E-state index contributed by atoms with van der Waals surface area (Å²) in [6.45, 7) is 2.38. The first kappa shape index (κ1) is 19.2. The van der Waals surface area contributed by atoms with Gasteiger partial charge in [0.2, 0.25) is 0 Å². The highest BCUT2D eigenvalue weighted by Crippen LogP contribution is 2.19. The highest BCUT2D eigenvalue weighted by molar-refractivity contribution is 9.10. The van der Waals surface area contributed by atoms with E-state index in [0.29, 0.717) is 41.9 Å². The van der Waals surface area contributed by atoms with Crippen LogP contribution in [0.15, 0.2) is 45.5 Å². The molecule has 0 radical (unpaired) electrons. The first-order valence-corrected chi connectivity index (χ1v) is 9.35. The lowest BCUT2D eigenvalue weighted by Gasteiger charge is -2.32. The van der Waals surface area contributed by atoms with Crippen molar-refractivity contribution in [1.82, 2.24) is 10.2 Å². The van der Waals surface area contributed by atoms with Crippen molar-refractivity contribution >= 4 is 33.7 Å². The lowest BCUT2D eigenvalue weighted by Crippen LogP contribution is -2.46. The Balaban J connectivity index is 1.55. The van der Waals surface area contributed by atoms with Gasteiger partial charge in [0.15, 0.2) is 10.4 Å². The Bertz CT molecular complexity index is 855. The second-order valence-corrected chi connectivity index (χ2v) is 7.05. The van der Waals surface area contributed by atoms with E-state index in [1.807, 2.05) is 0 Å². The Morgan fingerprint density at radius 3 is 2.56 bits per heavy atom. The van der Waals surface area contributed by atoms with Gasteiger partial charge in [0, 0.05) is 31.6 Å². The molecule has 2 heterocycles. The molecule has 1 N–H and O–H groups in total. The Kier molecular flexibility index (Phi) is 5.95. The molecule has 1 aliphatic heterocycles. The average Bonchev–Trinajstić information content (AvgIpc) is 3.08. The van der Waals surface area contributed by atoms with Crippen LogP contribution in [0.2, 0.25) is 0 Å². The average molecular weight is 435 g/mol. The van der Waals surface area contributed by atoms with Crippen LogP contribution in [0.1, 0.15) is 40.7 Å². The zero-order valence-corrected chi connectivity index (χ0v) is 16.3. The van der Waals surface area contributed by atoms with Gasteiger partial charge in [0.25, 0.3) is 11.8 Å². The van der Waals surface area contributed by atoms with Crippen LogP contribution in [0.25, 0.3) is 0 Å². The van der Waals surface area contributed by atoms with E-state index in [9.17, 15) is 14.4 Å². The first-order valence-electron chi connectivity index (χ1n) is 8.56. The molecule has 2 aromatic rings. The van der Waals surface area contributed by atoms with Crippen molar-refractivity contribution in [2.45, 2.75) is 25.8 Å². The number of halogens is 1. The van der Waals surface area contributed by atoms with Gasteiger partial charge in [-0.1, -0.05) is 6.07 Å². The lowest BCUT2D eigenvalue weighted by atomic mass is 10.0. The van der Waals surface area contributed by atoms with Crippen molar-refractivity contribution in [3.63, 3.8) is 0 Å². The topological polar surface area (TPSA) is 88.9 Å². The van der Waals surface area contributed by atoms with E-state index >= 15 is 0 Å². The Morgan fingerprint density at radius 2 is 1.93 bits per heavy atom. The summed E-state index contributed by atoms with van der Waals surface area (Å²) in [6.07, 6.45) is 1.31. The van der Waals surface area contributed by atoms with Crippen molar-refractivity contribution < 1.29 is 23.5 Å². The summed E-state index contributed by atoms with van der Waals surface area (Å²) >= 11 is 3.17. The molecule has 1 aliphatic rings. The quantitative estimate of drug-likeness (QED) is 0.589. The molecule has 1 saturated heterocycles. The van der Waals surface area contributed by atoms with E-state index in [4.69, 9.17) is 9.15 Å². The van der Waals surface area contributed by atoms with Gasteiger partial charge in [0.05, 0.1) is 0 Å². The van der Waals surface area contributed by atoms with Crippen LogP contribution < -0.4 is 10.1 Å². The summed E-state index contributed by atoms with van der Waals surface area (Å²) in [4.78, 5) is 37.6. The number of esters is 1. The number of benzene rings is 1. The summed E-state index contributed by atoms with van der Waals surface area (Å²) < 4.78 is 10.8. The third-order valence-electron chi connectivity index (χ3n) is 4.26. The number of rotatable bonds is 4. The van der Waals surface area contributed by atoms with Gasteiger partial charge in [-0.05, 0) is 59.1 Å². The number of nitrogens with zero attached hydrogens (tertiary/aromatic N) is 1. The summed E-state index contributed by atoms with van der Waals surface area (Å²) in [7, 11) is 0. The Morgan fingerprint density at radius 1 is 1.19 bits per heavy atom. The number of hydrogen-bond donors (Lipinski definition) is 1. The van der Waals surface area contributed by atoms with Crippen molar-refractivity contribution in [1.29, 1.82) is 0 Å². The van der Waals surface area contributed by atoms with Crippen LogP contribution in [0.5, 0.6) is 5.75 Å². The molecule has 0 spiro atoms. The van der Waals surface area contributed by atoms with Gasteiger partial charge in [-0.25, -0.2) is 0 Å². The van der Waals surface area contributed by atoms with Crippen LogP contribution in [0.4, 0.5) is 0 Å². The largest absolute Gasteiger partial charge is 0.444 e. The van der Waals surface area contributed by atoms with Crippen molar-refractivity contribution in [2.75, 3.05) is 13.1 Å². The van der Waals surface area contributed by atoms with Crippen LogP contribution in [-0.4, -0.2) is 41.8 Å². The minimum absolute atomic E-state index is 0.0159. The molecule has 3 rings (SSSR count). The summed E-state index contributed by atoms with van der Waals surface area (Å²) in [5.41, 5.74) is 0.469. The van der Waals surface area contributed by atoms with E-state index in [1.54, 1.807) is 41.3 Å². The number of hydrogen-bond acceptors (Lipinski definition) is 5. The molecule has 1 aromatic carbocycles. The number of nitrogens with one attached hydrogen (secondary N) is 1. The van der Waals surface area contributed by atoms with Gasteiger partial charge < -0.3 is 19.4 Å². The van der Waals surface area contributed by atoms with Gasteiger partial charge >= 0.3 is 5.97 Å². The standard InChI is InChI=1S/C19H19BrN2O5/c1-12(23)26-15-4-2-3-13(11-15)19(25)22-9-7-14(8-10-22)21-18(24)16-5-6-17(20)27-16/h2-6,11,14H,7-10H2,1H3,(H,21,24). The third-order valence-corrected chi connectivity index (χ3v) is 4.68. The highest BCUT2D eigenvalue weighted by atomic mass is 79.9. The number of amides is 2. The molecule has 0 aliphatic carbocycles. The molecular formula is C19H19BrN2O5. The molecule has 7 nitrogen and oxygen atoms in total. The van der Waals surface area contributed by atoms with Crippen molar-refractivity contribution in [3.8, 4) is 5.75 Å². The number of carbonyl (C=O) groups excluding carboxylic acids is 3. The van der Waals surface area contributed by atoms with Crippen LogP contribution in [0, 0.1) is 0 Å². The Hall–Kier alpha value is -2.61. The number of likely N-dealkylation sites (tertiary alicyclic amines) is 1. The van der Waals surface area contributed by atoms with Gasteiger partial charge in [-0.2, -0.15) is 0 Å². The molecule has 1 aromatic heterocycles. The number of carbonyl (C=O) groups is 3. The van der Waals surface area contributed by atoms with Crippen LogP contribution in [0.3, 0.4) is 0 Å². The Labute approximate surface area is 164 Å². The normalized spacial score (nSPS) is 14.7. The monoisotopic (exact) mass is 434 g/mol. The second-order valence-electron chi connectivity index (χ2n) is 6.27. The van der Waals surface area contributed by atoms with Gasteiger partial charge in [0.1, 0.15) is 5.75 Å². The molecular weight excluding hydrogens is 416 g/mol. The first-order chi connectivity index (χ1) is 12.9. The smallest absolute Gasteiger partial charge is 0.308 e. The number of piperidine rings is 1. The molecule has 0 saturated carbocycles. The lowest BCUT2D eigenvalue weighted by molar-refractivity contribution is -0.131. The molecule has 1 fully saturated rings. The zero-order chi connectivity index (χ0) is 19.4. The molecule has 0 unspecified atom stereocenters. The van der Waals surface area contributed by atoms with Crippen LogP contribution in [-0.2, 0) is 4.79 Å². The predicted octanol–water partition coefficient (Wildman–Crippen LogP) is 3.00. The predicted molar refractivity (Wildman–Crippen MR) is 101 cm³/mol. The molecule has 8 heteroatoms. The fraction of sp³-hybridized carbons (Fsp3) is 0.316. The third kappa shape index (κ3) is 4.97. The van der Waals surface area contributed by atoms with Crippen molar-refractivity contribution in [2.24, 2.45) is 0 Å². The fourth-order valence-electron chi connectivity index (χ4n) is 2.96. The summed E-state index contributed by atoms with van der Waals surface area (Å²) in [5.74, 6) is -0.217. The number of ether oxygens (including phenoxy) is 1. The SMILES string of the molecule is CC(=O)Oc1cccc(C(=O)N2CCC(NC(=O)c3ccc(Br)o3)CC2)c1. The van der Waals surface area contributed by atoms with E-state index in [2.05, 4.69) is 21.2 Å². The molecule has 0 atom stereocenters. The fourth-order valence-corrected chi connectivity index (χ4v) is 3.27. The maximum absolute atomic E-state index is 12.7. The maximum Gasteiger partial charge on any atom is 0.308 e. The maximum atomic E-state index is 12.7. The van der Waals surface area contributed by atoms with Crippen molar-refractivity contribution in [3.05, 3.63) is 52.4 Å². The molecule has 2 amide bonds. The molecule has 0 bridgehead atoms. The second kappa shape index (κ2) is 8.39. The minimum Gasteiger partial charge on any atom is -0.444 e. The molecule has 142 valence electrons. The number of furan rings is 1. The molecule has 27 heavy (non-hydrogen) atoms. The highest BCUT2D eigenvalue weighted by Gasteiger charge is 2.25. The van der Waals surface area contributed by atoms with E-state index in [1.165, 1.54) is 6.92 Å². The minimum atomic E-state index is -0.431.